The SMILES string of the molecule is O=C(NCCCCC1Cc2c(ccc3ccccc23)CN1)c1ccc2c(c1)C(=O)c1ccccc1C2=O. The van der Waals surface area contributed by atoms with Crippen LogP contribution in [0, 0.1) is 0 Å². The Morgan fingerprint density at radius 1 is 0.811 bits per heavy atom. The van der Waals surface area contributed by atoms with E-state index in [2.05, 4.69) is 47.0 Å². The summed E-state index contributed by atoms with van der Waals surface area (Å²) in [7, 11) is 0. The number of unbranched alkanes of at least 4 members (excludes halogenated alkanes) is 1. The number of carbonyl (C=O) groups excluding carboxylic acids is 3. The fourth-order valence-corrected chi connectivity index (χ4v) is 5.63. The van der Waals surface area contributed by atoms with Crippen molar-refractivity contribution >= 4 is 28.2 Å². The van der Waals surface area contributed by atoms with Crippen molar-refractivity contribution in [3.63, 3.8) is 0 Å². The zero-order chi connectivity index (χ0) is 25.4. The topological polar surface area (TPSA) is 75.3 Å². The van der Waals surface area contributed by atoms with Crippen molar-refractivity contribution in [1.82, 2.24) is 10.6 Å². The Kier molecular flexibility index (Phi) is 6.15. The van der Waals surface area contributed by atoms with E-state index < -0.39 is 0 Å². The summed E-state index contributed by atoms with van der Waals surface area (Å²) in [6.07, 6.45) is 3.95. The summed E-state index contributed by atoms with van der Waals surface area (Å²) < 4.78 is 0. The van der Waals surface area contributed by atoms with E-state index in [4.69, 9.17) is 0 Å². The fraction of sp³-hybridized carbons (Fsp3) is 0.219. The number of fused-ring (bicyclic) bond motifs is 5. The zero-order valence-corrected chi connectivity index (χ0v) is 20.6. The molecule has 0 fully saturated rings. The number of amides is 1. The molecule has 1 atom stereocenters. The number of hydrogen-bond acceptors (Lipinski definition) is 4. The molecule has 1 heterocycles. The van der Waals surface area contributed by atoms with Gasteiger partial charge in [0.25, 0.3) is 5.91 Å². The van der Waals surface area contributed by atoms with E-state index in [0.29, 0.717) is 40.4 Å². The largest absolute Gasteiger partial charge is 0.352 e. The Balaban J connectivity index is 1.03. The number of hydrogen-bond donors (Lipinski definition) is 2. The predicted molar refractivity (Wildman–Crippen MR) is 144 cm³/mol. The molecule has 5 heteroatoms. The van der Waals surface area contributed by atoms with Gasteiger partial charge < -0.3 is 10.6 Å². The molecule has 2 aliphatic rings. The smallest absolute Gasteiger partial charge is 0.251 e. The lowest BCUT2D eigenvalue weighted by molar-refractivity contribution is 0.0950. The standard InChI is InChI=1S/C32H28N2O3/c35-30-25-10-3-4-11-26(25)31(36)29-17-21(14-15-27(29)30)32(37)33-16-6-5-8-23-18-28-22(19-34-23)13-12-20-7-1-2-9-24(20)28/h1-4,7,9-15,17,23,34H,5-6,8,16,18-19H2,(H,33,37). The fourth-order valence-electron chi connectivity index (χ4n) is 5.63. The highest BCUT2D eigenvalue weighted by molar-refractivity contribution is 6.28. The molecule has 1 aliphatic carbocycles. The third-order valence-corrected chi connectivity index (χ3v) is 7.62. The van der Waals surface area contributed by atoms with Crippen molar-refractivity contribution in [2.24, 2.45) is 0 Å². The maximum atomic E-state index is 12.9. The Morgan fingerprint density at radius 2 is 1.54 bits per heavy atom. The molecule has 0 saturated carbocycles. The third kappa shape index (κ3) is 4.36. The van der Waals surface area contributed by atoms with Crippen LogP contribution < -0.4 is 10.6 Å². The van der Waals surface area contributed by atoms with Gasteiger partial charge in [-0.25, -0.2) is 0 Å². The lowest BCUT2D eigenvalue weighted by Crippen LogP contribution is -2.35. The van der Waals surface area contributed by atoms with E-state index >= 15 is 0 Å². The molecule has 0 saturated heterocycles. The Labute approximate surface area is 215 Å². The molecule has 1 amide bonds. The quantitative estimate of drug-likeness (QED) is 0.321. The van der Waals surface area contributed by atoms with Crippen molar-refractivity contribution in [3.05, 3.63) is 118 Å². The molecule has 4 aromatic carbocycles. The minimum Gasteiger partial charge on any atom is -0.352 e. The van der Waals surface area contributed by atoms with Gasteiger partial charge in [0.15, 0.2) is 11.6 Å². The van der Waals surface area contributed by atoms with Gasteiger partial charge in [-0.1, -0.05) is 67.1 Å². The molecule has 2 N–H and O–H groups in total. The van der Waals surface area contributed by atoms with Crippen LogP contribution in [0.4, 0.5) is 0 Å². The highest BCUT2D eigenvalue weighted by Gasteiger charge is 2.30. The van der Waals surface area contributed by atoms with Crippen LogP contribution in [0.15, 0.2) is 78.9 Å². The van der Waals surface area contributed by atoms with Gasteiger partial charge in [0, 0.05) is 46.9 Å². The van der Waals surface area contributed by atoms with Crippen LogP contribution in [-0.2, 0) is 13.0 Å². The van der Waals surface area contributed by atoms with Gasteiger partial charge in [0.1, 0.15) is 0 Å². The molecular formula is C32H28N2O3. The Bertz CT molecular complexity index is 1560. The van der Waals surface area contributed by atoms with Crippen molar-refractivity contribution in [2.75, 3.05) is 6.54 Å². The van der Waals surface area contributed by atoms with Gasteiger partial charge in [0.2, 0.25) is 0 Å². The lowest BCUT2D eigenvalue weighted by atomic mass is 9.83. The average Bonchev–Trinajstić information content (AvgIpc) is 2.95. The van der Waals surface area contributed by atoms with Gasteiger partial charge in [-0.3, -0.25) is 14.4 Å². The van der Waals surface area contributed by atoms with Gasteiger partial charge in [-0.2, -0.15) is 0 Å². The number of nitrogens with one attached hydrogen (secondary N) is 2. The van der Waals surface area contributed by atoms with E-state index in [-0.39, 0.29) is 17.5 Å². The average molecular weight is 489 g/mol. The molecule has 6 rings (SSSR count). The molecule has 5 nitrogen and oxygen atoms in total. The molecule has 184 valence electrons. The van der Waals surface area contributed by atoms with E-state index in [1.54, 1.807) is 42.5 Å². The molecule has 0 spiro atoms. The normalized spacial score (nSPS) is 16.2. The maximum Gasteiger partial charge on any atom is 0.251 e. The predicted octanol–water partition coefficient (Wildman–Crippen LogP) is 5.23. The second-order valence-corrected chi connectivity index (χ2v) is 9.92. The molecule has 4 aromatic rings. The summed E-state index contributed by atoms with van der Waals surface area (Å²) in [5.41, 5.74) is 4.71. The molecular weight excluding hydrogens is 460 g/mol. The van der Waals surface area contributed by atoms with Gasteiger partial charge in [-0.15, -0.1) is 0 Å². The molecule has 0 aromatic heterocycles. The zero-order valence-electron chi connectivity index (χ0n) is 20.6. The first-order chi connectivity index (χ1) is 18.1. The number of ketones is 2. The summed E-state index contributed by atoms with van der Waals surface area (Å²) in [6.45, 7) is 1.46. The summed E-state index contributed by atoms with van der Waals surface area (Å²) in [5, 5.41) is 9.28. The van der Waals surface area contributed by atoms with Crippen LogP contribution in [0.3, 0.4) is 0 Å². The van der Waals surface area contributed by atoms with Crippen LogP contribution in [0.2, 0.25) is 0 Å². The molecule has 1 unspecified atom stereocenters. The van der Waals surface area contributed by atoms with Gasteiger partial charge >= 0.3 is 0 Å². The Morgan fingerprint density at radius 3 is 2.38 bits per heavy atom. The first-order valence-electron chi connectivity index (χ1n) is 12.9. The first kappa shape index (κ1) is 23.3. The van der Waals surface area contributed by atoms with Crippen molar-refractivity contribution in [2.45, 2.75) is 38.3 Å². The molecule has 0 bridgehead atoms. The maximum absolute atomic E-state index is 12.9. The number of rotatable bonds is 6. The molecule has 0 radical (unpaired) electrons. The van der Waals surface area contributed by atoms with Crippen LogP contribution >= 0.6 is 0 Å². The second-order valence-electron chi connectivity index (χ2n) is 9.92. The molecule has 37 heavy (non-hydrogen) atoms. The number of carbonyl (C=O) groups is 3. The Hall–Kier alpha value is -4.09. The van der Waals surface area contributed by atoms with Crippen LogP contribution in [-0.4, -0.2) is 30.1 Å². The van der Waals surface area contributed by atoms with Crippen molar-refractivity contribution in [3.8, 4) is 0 Å². The minimum absolute atomic E-state index is 0.177. The monoisotopic (exact) mass is 488 g/mol. The number of benzene rings is 4. The highest BCUT2D eigenvalue weighted by atomic mass is 16.2. The summed E-state index contributed by atoms with van der Waals surface area (Å²) in [4.78, 5) is 38.5. The van der Waals surface area contributed by atoms with E-state index in [0.717, 1.165) is 32.2 Å². The second kappa shape index (κ2) is 9.75. The van der Waals surface area contributed by atoms with E-state index in [1.165, 1.54) is 21.9 Å². The van der Waals surface area contributed by atoms with Crippen molar-refractivity contribution < 1.29 is 14.4 Å². The third-order valence-electron chi connectivity index (χ3n) is 7.62. The summed E-state index contributed by atoms with van der Waals surface area (Å²) >= 11 is 0. The van der Waals surface area contributed by atoms with Crippen LogP contribution in [0.5, 0.6) is 0 Å². The molecule has 1 aliphatic heterocycles. The van der Waals surface area contributed by atoms with E-state index in [9.17, 15) is 14.4 Å². The summed E-state index contributed by atoms with van der Waals surface area (Å²) in [5.74, 6) is -0.614. The van der Waals surface area contributed by atoms with Gasteiger partial charge in [-0.05, 0) is 59.4 Å². The minimum atomic E-state index is -0.224. The lowest BCUT2D eigenvalue weighted by Gasteiger charge is -2.27. The van der Waals surface area contributed by atoms with Gasteiger partial charge in [0.05, 0.1) is 0 Å². The van der Waals surface area contributed by atoms with E-state index in [1.807, 2.05) is 0 Å². The highest BCUT2D eigenvalue weighted by Crippen LogP contribution is 2.29. The van der Waals surface area contributed by atoms with Crippen LogP contribution in [0.1, 0.15) is 72.6 Å². The van der Waals surface area contributed by atoms with Crippen molar-refractivity contribution in [1.29, 1.82) is 0 Å². The first-order valence-corrected chi connectivity index (χ1v) is 12.9. The van der Waals surface area contributed by atoms with Crippen LogP contribution in [0.25, 0.3) is 10.8 Å². The summed E-state index contributed by atoms with van der Waals surface area (Å²) in [6, 6.07) is 25.0.